The second-order valence-corrected chi connectivity index (χ2v) is 4.54. The van der Waals surface area contributed by atoms with Gasteiger partial charge in [-0.15, -0.1) is 0 Å². The molecule has 98 valence electrons. The van der Waals surface area contributed by atoms with Gasteiger partial charge in [0.1, 0.15) is 0 Å². The number of aromatic nitrogens is 2. The largest absolute Gasteiger partial charge is 0.381 e. The van der Waals surface area contributed by atoms with Crippen molar-refractivity contribution in [3.63, 3.8) is 0 Å². The SMILES string of the molecule is Cn1ncc2c(Br)ccc(NCCOC(F)F)c21. The van der Waals surface area contributed by atoms with Gasteiger partial charge in [-0.3, -0.25) is 4.68 Å². The van der Waals surface area contributed by atoms with E-state index in [2.05, 4.69) is 31.1 Å². The van der Waals surface area contributed by atoms with Crippen molar-refractivity contribution in [2.75, 3.05) is 18.5 Å². The van der Waals surface area contributed by atoms with E-state index in [-0.39, 0.29) is 6.61 Å². The van der Waals surface area contributed by atoms with Gasteiger partial charge in [0.05, 0.1) is 24.0 Å². The van der Waals surface area contributed by atoms with Gasteiger partial charge in [0.15, 0.2) is 0 Å². The lowest BCUT2D eigenvalue weighted by Gasteiger charge is -2.09. The van der Waals surface area contributed by atoms with Gasteiger partial charge < -0.3 is 10.1 Å². The fourth-order valence-electron chi connectivity index (χ4n) is 1.73. The maximum Gasteiger partial charge on any atom is 0.345 e. The average Bonchev–Trinajstić information content (AvgIpc) is 2.71. The van der Waals surface area contributed by atoms with Crippen molar-refractivity contribution in [2.45, 2.75) is 6.61 Å². The summed E-state index contributed by atoms with van der Waals surface area (Å²) >= 11 is 3.44. The van der Waals surface area contributed by atoms with Crippen LogP contribution in [0.5, 0.6) is 0 Å². The van der Waals surface area contributed by atoms with Crippen LogP contribution in [0.3, 0.4) is 0 Å². The number of nitrogens with zero attached hydrogens (tertiary/aromatic N) is 2. The summed E-state index contributed by atoms with van der Waals surface area (Å²) in [6.45, 7) is -2.47. The molecule has 0 unspecified atom stereocenters. The summed E-state index contributed by atoms with van der Waals surface area (Å²) in [5.74, 6) is 0. The third-order valence-electron chi connectivity index (χ3n) is 2.51. The zero-order valence-electron chi connectivity index (χ0n) is 9.66. The van der Waals surface area contributed by atoms with E-state index >= 15 is 0 Å². The van der Waals surface area contributed by atoms with Crippen LogP contribution in [0.4, 0.5) is 14.5 Å². The summed E-state index contributed by atoms with van der Waals surface area (Å²) < 4.78 is 30.5. The molecule has 0 spiro atoms. The smallest absolute Gasteiger partial charge is 0.345 e. The first kappa shape index (κ1) is 13.2. The molecule has 0 aliphatic heterocycles. The summed E-state index contributed by atoms with van der Waals surface area (Å²) in [4.78, 5) is 0. The van der Waals surface area contributed by atoms with E-state index in [1.165, 1.54) is 0 Å². The van der Waals surface area contributed by atoms with E-state index in [4.69, 9.17) is 0 Å². The number of alkyl halides is 2. The number of hydrogen-bond donors (Lipinski definition) is 1. The summed E-state index contributed by atoms with van der Waals surface area (Å²) in [6, 6.07) is 3.76. The molecule has 2 rings (SSSR count). The Labute approximate surface area is 111 Å². The van der Waals surface area contributed by atoms with Crippen molar-refractivity contribution in [2.24, 2.45) is 7.05 Å². The zero-order chi connectivity index (χ0) is 13.1. The van der Waals surface area contributed by atoms with E-state index in [1.807, 2.05) is 19.2 Å². The number of halogens is 3. The predicted molar refractivity (Wildman–Crippen MR) is 68.9 cm³/mol. The molecule has 0 aliphatic carbocycles. The lowest BCUT2D eigenvalue weighted by molar-refractivity contribution is -0.125. The van der Waals surface area contributed by atoms with Gasteiger partial charge in [-0.25, -0.2) is 0 Å². The third-order valence-corrected chi connectivity index (χ3v) is 3.20. The highest BCUT2D eigenvalue weighted by atomic mass is 79.9. The Morgan fingerprint density at radius 1 is 1.50 bits per heavy atom. The molecule has 2 aromatic rings. The number of benzene rings is 1. The molecule has 0 saturated heterocycles. The van der Waals surface area contributed by atoms with Gasteiger partial charge in [-0.1, -0.05) is 15.9 Å². The molecule has 0 bridgehead atoms. The highest BCUT2D eigenvalue weighted by molar-refractivity contribution is 9.10. The Hall–Kier alpha value is -1.21. The Balaban J connectivity index is 2.13. The minimum absolute atomic E-state index is 0.0485. The van der Waals surface area contributed by atoms with Crippen LogP contribution < -0.4 is 5.32 Å². The highest BCUT2D eigenvalue weighted by Crippen LogP contribution is 2.29. The molecule has 1 aromatic heterocycles. The number of anilines is 1. The first-order valence-corrected chi connectivity index (χ1v) is 6.12. The summed E-state index contributed by atoms with van der Waals surface area (Å²) in [7, 11) is 1.83. The number of aryl methyl sites for hydroxylation is 1. The normalized spacial score (nSPS) is 11.4. The summed E-state index contributed by atoms with van der Waals surface area (Å²) in [5.41, 5.74) is 1.76. The van der Waals surface area contributed by atoms with Crippen LogP contribution in [0.15, 0.2) is 22.8 Å². The minimum Gasteiger partial charge on any atom is -0.381 e. The summed E-state index contributed by atoms with van der Waals surface area (Å²) in [6.07, 6.45) is 1.75. The molecule has 1 N–H and O–H groups in total. The molecule has 0 radical (unpaired) electrons. The fourth-order valence-corrected chi connectivity index (χ4v) is 2.16. The van der Waals surface area contributed by atoms with Crippen LogP contribution >= 0.6 is 15.9 Å². The number of ether oxygens (including phenoxy) is 1. The highest BCUT2D eigenvalue weighted by Gasteiger charge is 2.09. The van der Waals surface area contributed by atoms with Crippen molar-refractivity contribution >= 4 is 32.5 Å². The molecule has 4 nitrogen and oxygen atoms in total. The lowest BCUT2D eigenvalue weighted by Crippen LogP contribution is -2.12. The van der Waals surface area contributed by atoms with Gasteiger partial charge in [0.2, 0.25) is 0 Å². The molecule has 18 heavy (non-hydrogen) atoms. The average molecular weight is 320 g/mol. The monoisotopic (exact) mass is 319 g/mol. The Morgan fingerprint density at radius 2 is 2.28 bits per heavy atom. The van der Waals surface area contributed by atoms with Crippen LogP contribution in [-0.4, -0.2) is 29.5 Å². The van der Waals surface area contributed by atoms with E-state index in [9.17, 15) is 8.78 Å². The van der Waals surface area contributed by atoms with E-state index < -0.39 is 6.61 Å². The number of rotatable bonds is 5. The van der Waals surface area contributed by atoms with Gasteiger partial charge in [0, 0.05) is 23.5 Å². The molecular formula is C11H12BrF2N3O. The van der Waals surface area contributed by atoms with Crippen LogP contribution in [0.2, 0.25) is 0 Å². The summed E-state index contributed by atoms with van der Waals surface area (Å²) in [5, 5.41) is 8.20. The fraction of sp³-hybridized carbons (Fsp3) is 0.364. The molecule has 1 heterocycles. The predicted octanol–water partition coefficient (Wildman–Crippen LogP) is 2.99. The first-order valence-electron chi connectivity index (χ1n) is 5.33. The van der Waals surface area contributed by atoms with E-state index in [0.29, 0.717) is 6.54 Å². The maximum atomic E-state index is 11.8. The van der Waals surface area contributed by atoms with Crippen molar-refractivity contribution in [3.8, 4) is 0 Å². The Bertz CT molecular complexity index is 544. The molecule has 0 fully saturated rings. The molecule has 7 heteroatoms. The lowest BCUT2D eigenvalue weighted by atomic mass is 10.2. The Morgan fingerprint density at radius 3 is 3.00 bits per heavy atom. The van der Waals surface area contributed by atoms with Crippen molar-refractivity contribution < 1.29 is 13.5 Å². The molecule has 0 saturated carbocycles. The van der Waals surface area contributed by atoms with E-state index in [0.717, 1.165) is 21.1 Å². The number of fused-ring (bicyclic) bond motifs is 1. The zero-order valence-corrected chi connectivity index (χ0v) is 11.2. The van der Waals surface area contributed by atoms with Crippen LogP contribution in [0.25, 0.3) is 10.9 Å². The van der Waals surface area contributed by atoms with Crippen molar-refractivity contribution in [3.05, 3.63) is 22.8 Å². The molecule has 0 aliphatic rings. The standard InChI is InChI=1S/C11H12BrF2N3O/c1-17-10-7(6-16-17)8(12)2-3-9(10)15-4-5-18-11(13)14/h2-3,6,11,15H,4-5H2,1H3. The topological polar surface area (TPSA) is 39.1 Å². The number of nitrogens with one attached hydrogen (secondary N) is 1. The molecular weight excluding hydrogens is 308 g/mol. The molecule has 0 atom stereocenters. The van der Waals surface area contributed by atoms with Crippen LogP contribution in [-0.2, 0) is 11.8 Å². The van der Waals surface area contributed by atoms with Crippen molar-refractivity contribution in [1.29, 1.82) is 0 Å². The van der Waals surface area contributed by atoms with Gasteiger partial charge in [-0.05, 0) is 12.1 Å². The first-order chi connectivity index (χ1) is 8.59. The molecule has 1 aromatic carbocycles. The van der Waals surface area contributed by atoms with Crippen LogP contribution in [0, 0.1) is 0 Å². The number of hydrogen-bond acceptors (Lipinski definition) is 3. The second kappa shape index (κ2) is 5.62. The Kier molecular flexibility index (Phi) is 4.13. The minimum atomic E-state index is -2.73. The maximum absolute atomic E-state index is 11.8. The van der Waals surface area contributed by atoms with E-state index in [1.54, 1.807) is 10.9 Å². The third kappa shape index (κ3) is 2.78. The second-order valence-electron chi connectivity index (χ2n) is 3.68. The van der Waals surface area contributed by atoms with Gasteiger partial charge in [0.25, 0.3) is 0 Å². The van der Waals surface area contributed by atoms with Gasteiger partial charge in [-0.2, -0.15) is 13.9 Å². The van der Waals surface area contributed by atoms with Crippen LogP contribution in [0.1, 0.15) is 0 Å². The van der Waals surface area contributed by atoms with Gasteiger partial charge >= 0.3 is 6.61 Å². The quantitative estimate of drug-likeness (QED) is 0.861. The van der Waals surface area contributed by atoms with Crippen molar-refractivity contribution in [1.82, 2.24) is 9.78 Å². The molecule has 0 amide bonds.